The zero-order valence-electron chi connectivity index (χ0n) is 16.2. The molecule has 28 heavy (non-hydrogen) atoms. The number of carbonyl (C=O) groups is 1. The Morgan fingerprint density at radius 3 is 2.86 bits per heavy atom. The number of likely N-dealkylation sites (tertiary alicyclic amines) is 1. The van der Waals surface area contributed by atoms with Crippen LogP contribution in [0, 0.1) is 5.82 Å². The van der Waals surface area contributed by atoms with Gasteiger partial charge in [-0.25, -0.2) is 4.39 Å². The first-order chi connectivity index (χ1) is 13.3. The molecule has 0 unspecified atom stereocenters. The van der Waals surface area contributed by atoms with E-state index in [1.54, 1.807) is 11.0 Å². The van der Waals surface area contributed by atoms with Crippen LogP contribution in [0.15, 0.2) is 24.3 Å². The molecule has 0 radical (unpaired) electrons. The molecule has 1 saturated heterocycles. The molecule has 1 aromatic heterocycles. The van der Waals surface area contributed by atoms with E-state index in [0.717, 1.165) is 16.8 Å². The van der Waals surface area contributed by atoms with Crippen molar-refractivity contribution in [2.75, 3.05) is 13.1 Å². The number of aliphatic hydroxyl groups is 1. The highest BCUT2D eigenvalue weighted by Gasteiger charge is 2.37. The summed E-state index contributed by atoms with van der Waals surface area (Å²) >= 11 is 0. The lowest BCUT2D eigenvalue weighted by Crippen LogP contribution is -2.48. The van der Waals surface area contributed by atoms with Gasteiger partial charge in [-0.1, -0.05) is 12.1 Å². The number of ether oxygens (including phenoxy) is 1. The van der Waals surface area contributed by atoms with Gasteiger partial charge in [0.25, 0.3) is 5.91 Å². The number of H-pyrrole nitrogens is 1. The standard InChI is InChI=1S/C21H26FN3O3/c1-13-10-17-18(14(2)28-13)23-24-19(17)20(26)25-8-6-21(27,7-9-25)12-15-4-3-5-16(22)11-15/h3-5,11,13-14,27H,6-10,12H2,1-2H3,(H,23,24)/t13-,14+/m1/s1. The molecule has 0 bridgehead atoms. The minimum absolute atomic E-state index is 0.0457. The van der Waals surface area contributed by atoms with Crippen LogP contribution in [0.5, 0.6) is 0 Å². The Balaban J connectivity index is 1.43. The Labute approximate surface area is 163 Å². The summed E-state index contributed by atoms with van der Waals surface area (Å²) in [6.07, 6.45) is 1.90. The maximum Gasteiger partial charge on any atom is 0.274 e. The van der Waals surface area contributed by atoms with E-state index < -0.39 is 5.60 Å². The number of carbonyl (C=O) groups excluding carboxylic acids is 1. The van der Waals surface area contributed by atoms with Crippen molar-refractivity contribution in [3.63, 3.8) is 0 Å². The predicted molar refractivity (Wildman–Crippen MR) is 101 cm³/mol. The van der Waals surface area contributed by atoms with Gasteiger partial charge in [0.05, 0.1) is 23.5 Å². The van der Waals surface area contributed by atoms with Gasteiger partial charge in [0.1, 0.15) is 5.82 Å². The van der Waals surface area contributed by atoms with Crippen LogP contribution >= 0.6 is 0 Å². The number of nitrogens with one attached hydrogen (secondary N) is 1. The molecular weight excluding hydrogens is 361 g/mol. The summed E-state index contributed by atoms with van der Waals surface area (Å²) in [5.74, 6) is -0.406. The molecule has 0 saturated carbocycles. The molecule has 2 aliphatic heterocycles. The lowest BCUT2D eigenvalue weighted by molar-refractivity contribution is -0.0166. The lowest BCUT2D eigenvalue weighted by atomic mass is 9.85. The van der Waals surface area contributed by atoms with Gasteiger partial charge in [0.15, 0.2) is 5.69 Å². The largest absolute Gasteiger partial charge is 0.389 e. The van der Waals surface area contributed by atoms with Crippen LogP contribution in [0.1, 0.15) is 60.1 Å². The fraction of sp³-hybridized carbons (Fsp3) is 0.524. The van der Waals surface area contributed by atoms with Crippen molar-refractivity contribution in [3.8, 4) is 0 Å². The molecule has 6 nitrogen and oxygen atoms in total. The molecule has 2 aromatic rings. The van der Waals surface area contributed by atoms with Crippen molar-refractivity contribution in [3.05, 3.63) is 52.6 Å². The highest BCUT2D eigenvalue weighted by molar-refractivity contribution is 5.94. The van der Waals surface area contributed by atoms with E-state index in [4.69, 9.17) is 4.74 Å². The molecule has 2 aliphatic rings. The van der Waals surface area contributed by atoms with Gasteiger partial charge in [-0.15, -0.1) is 0 Å². The average molecular weight is 387 g/mol. The number of hydrogen-bond donors (Lipinski definition) is 2. The first kappa shape index (κ1) is 19.1. The summed E-state index contributed by atoms with van der Waals surface area (Å²) in [5.41, 5.74) is 2.13. The number of hydrogen-bond acceptors (Lipinski definition) is 4. The number of nitrogens with zero attached hydrogens (tertiary/aromatic N) is 2. The minimum atomic E-state index is -0.924. The van der Waals surface area contributed by atoms with Crippen LogP contribution < -0.4 is 0 Å². The number of fused-ring (bicyclic) bond motifs is 1. The van der Waals surface area contributed by atoms with Gasteiger partial charge < -0.3 is 14.7 Å². The van der Waals surface area contributed by atoms with Gasteiger partial charge in [-0.3, -0.25) is 9.89 Å². The average Bonchev–Trinajstić information content (AvgIpc) is 3.05. The van der Waals surface area contributed by atoms with Crippen LogP contribution in [-0.4, -0.2) is 50.9 Å². The fourth-order valence-corrected chi connectivity index (χ4v) is 4.33. The maximum atomic E-state index is 13.4. The summed E-state index contributed by atoms with van der Waals surface area (Å²) < 4.78 is 19.2. The van der Waals surface area contributed by atoms with Crippen LogP contribution in [0.2, 0.25) is 0 Å². The number of rotatable bonds is 3. The predicted octanol–water partition coefficient (Wildman–Crippen LogP) is 2.78. The Morgan fingerprint density at radius 1 is 1.39 bits per heavy atom. The zero-order chi connectivity index (χ0) is 19.9. The van der Waals surface area contributed by atoms with E-state index in [0.29, 0.717) is 44.5 Å². The normalized spacial score (nSPS) is 24.1. The number of halogens is 1. The van der Waals surface area contributed by atoms with Crippen LogP contribution in [0.25, 0.3) is 0 Å². The fourth-order valence-electron chi connectivity index (χ4n) is 4.33. The summed E-state index contributed by atoms with van der Waals surface area (Å²) in [6, 6.07) is 6.32. The second-order valence-electron chi connectivity index (χ2n) is 8.08. The molecule has 150 valence electrons. The van der Waals surface area contributed by atoms with E-state index in [9.17, 15) is 14.3 Å². The molecule has 0 spiro atoms. The number of amides is 1. The zero-order valence-corrected chi connectivity index (χ0v) is 16.2. The number of aromatic amines is 1. The van der Waals surface area contributed by atoms with Gasteiger partial charge in [-0.2, -0.15) is 5.10 Å². The molecule has 3 heterocycles. The van der Waals surface area contributed by atoms with Gasteiger partial charge in [-0.05, 0) is 44.4 Å². The van der Waals surface area contributed by atoms with Gasteiger partial charge in [0, 0.05) is 31.5 Å². The van der Waals surface area contributed by atoms with Crippen LogP contribution in [-0.2, 0) is 17.6 Å². The van der Waals surface area contributed by atoms with Crippen molar-refractivity contribution in [1.29, 1.82) is 0 Å². The van der Waals surface area contributed by atoms with E-state index in [-0.39, 0.29) is 23.9 Å². The Hall–Kier alpha value is -2.25. The van der Waals surface area contributed by atoms with Gasteiger partial charge in [0.2, 0.25) is 0 Å². The van der Waals surface area contributed by atoms with E-state index >= 15 is 0 Å². The quantitative estimate of drug-likeness (QED) is 0.849. The lowest BCUT2D eigenvalue weighted by Gasteiger charge is -2.38. The van der Waals surface area contributed by atoms with Crippen molar-refractivity contribution < 1.29 is 19.0 Å². The Kier molecular flexibility index (Phi) is 4.97. The number of piperidine rings is 1. The Morgan fingerprint density at radius 2 is 2.14 bits per heavy atom. The summed E-state index contributed by atoms with van der Waals surface area (Å²) in [7, 11) is 0. The topological polar surface area (TPSA) is 78.5 Å². The van der Waals surface area contributed by atoms with Crippen LogP contribution in [0.4, 0.5) is 4.39 Å². The first-order valence-electron chi connectivity index (χ1n) is 9.83. The molecule has 1 fully saturated rings. The van der Waals surface area contributed by atoms with E-state index in [2.05, 4.69) is 10.2 Å². The smallest absolute Gasteiger partial charge is 0.274 e. The second-order valence-corrected chi connectivity index (χ2v) is 8.08. The summed E-state index contributed by atoms with van der Waals surface area (Å²) in [4.78, 5) is 14.8. The molecule has 0 aliphatic carbocycles. The van der Waals surface area contributed by atoms with Crippen molar-refractivity contribution in [1.82, 2.24) is 15.1 Å². The highest BCUT2D eigenvalue weighted by Crippen LogP contribution is 2.32. The third-order valence-electron chi connectivity index (χ3n) is 5.84. The monoisotopic (exact) mass is 387 g/mol. The Bertz CT molecular complexity index is 874. The highest BCUT2D eigenvalue weighted by atomic mass is 19.1. The van der Waals surface area contributed by atoms with Crippen LogP contribution in [0.3, 0.4) is 0 Å². The molecule has 1 aromatic carbocycles. The molecule has 4 rings (SSSR count). The molecule has 7 heteroatoms. The molecule has 2 atom stereocenters. The number of benzene rings is 1. The van der Waals surface area contributed by atoms with E-state index in [1.165, 1.54) is 12.1 Å². The maximum absolute atomic E-state index is 13.4. The summed E-state index contributed by atoms with van der Waals surface area (Å²) in [6.45, 7) is 4.85. The third kappa shape index (κ3) is 3.69. The molecule has 2 N–H and O–H groups in total. The summed E-state index contributed by atoms with van der Waals surface area (Å²) in [5, 5.41) is 18.1. The molecule has 1 amide bonds. The second kappa shape index (κ2) is 7.29. The molecular formula is C21H26FN3O3. The first-order valence-corrected chi connectivity index (χ1v) is 9.83. The van der Waals surface area contributed by atoms with Crippen molar-refractivity contribution >= 4 is 5.91 Å². The van der Waals surface area contributed by atoms with E-state index in [1.807, 2.05) is 19.9 Å². The van der Waals surface area contributed by atoms with Crippen molar-refractivity contribution in [2.45, 2.75) is 57.3 Å². The third-order valence-corrected chi connectivity index (χ3v) is 5.84. The minimum Gasteiger partial charge on any atom is -0.389 e. The number of aromatic nitrogens is 2. The SMILES string of the molecule is C[C@@H]1Cc2c(C(=O)N3CCC(O)(Cc4cccc(F)c4)CC3)n[nH]c2[C@H](C)O1. The van der Waals surface area contributed by atoms with Crippen molar-refractivity contribution in [2.24, 2.45) is 0 Å². The van der Waals surface area contributed by atoms with Gasteiger partial charge >= 0.3 is 0 Å².